The predicted molar refractivity (Wildman–Crippen MR) is 111 cm³/mol. The topological polar surface area (TPSA) is 38.8 Å². The predicted octanol–water partition coefficient (Wildman–Crippen LogP) is 4.16. The summed E-state index contributed by atoms with van der Waals surface area (Å²) in [5, 5.41) is 0. The van der Waals surface area contributed by atoms with Crippen LogP contribution in [0.25, 0.3) is 0 Å². The van der Waals surface area contributed by atoms with Crippen molar-refractivity contribution in [3.05, 3.63) is 64.7 Å². The van der Waals surface area contributed by atoms with Crippen LogP contribution in [0, 0.1) is 13.8 Å². The first-order valence-electron chi connectivity index (χ1n) is 8.72. The maximum Gasteiger partial charge on any atom is 0.254 e. The van der Waals surface area contributed by atoms with Crippen LogP contribution in [0.5, 0.6) is 5.75 Å². The van der Waals surface area contributed by atoms with Gasteiger partial charge in [0.05, 0.1) is 13.1 Å². The molecule has 138 valence electrons. The van der Waals surface area contributed by atoms with Gasteiger partial charge in [0.15, 0.2) is 0 Å². The number of carbonyl (C=O) groups is 1. The lowest BCUT2D eigenvalue weighted by atomic mass is 10.0. The number of rotatable bonds is 5. The Morgan fingerprint density at radius 2 is 1.92 bits per heavy atom. The maximum atomic E-state index is 13.0. The molecule has 1 aliphatic rings. The van der Waals surface area contributed by atoms with Crippen molar-refractivity contribution < 1.29 is 14.3 Å². The van der Waals surface area contributed by atoms with Crippen molar-refractivity contribution in [3.8, 4) is 5.75 Å². The average molecular weight is 465 g/mol. The molecule has 1 amide bonds. The minimum atomic E-state index is -0.168. The Bertz CT molecular complexity index is 793. The van der Waals surface area contributed by atoms with Crippen molar-refractivity contribution in [2.24, 2.45) is 0 Å². The second-order valence-electron chi connectivity index (χ2n) is 6.74. The highest BCUT2D eigenvalue weighted by molar-refractivity contribution is 14.1. The van der Waals surface area contributed by atoms with E-state index in [4.69, 9.17) is 9.47 Å². The summed E-state index contributed by atoms with van der Waals surface area (Å²) in [7, 11) is 1.67. The Kier molecular flexibility index (Phi) is 6.19. The smallest absolute Gasteiger partial charge is 0.254 e. The van der Waals surface area contributed by atoms with Crippen LogP contribution in [0.15, 0.2) is 42.5 Å². The first kappa shape index (κ1) is 19.2. The number of likely N-dealkylation sites (tertiary alicyclic amines) is 1. The summed E-state index contributed by atoms with van der Waals surface area (Å²) in [5.74, 6) is 0.868. The lowest BCUT2D eigenvalue weighted by Gasteiger charge is -2.19. The Balaban J connectivity index is 1.76. The first-order chi connectivity index (χ1) is 12.5. The number of benzene rings is 2. The van der Waals surface area contributed by atoms with E-state index in [9.17, 15) is 4.79 Å². The van der Waals surface area contributed by atoms with Gasteiger partial charge in [-0.15, -0.1) is 0 Å². The monoisotopic (exact) mass is 465 g/mol. The Morgan fingerprint density at radius 3 is 2.65 bits per heavy atom. The fraction of sp³-hybridized carbons (Fsp3) is 0.381. The molecule has 26 heavy (non-hydrogen) atoms. The van der Waals surface area contributed by atoms with Gasteiger partial charge < -0.3 is 14.4 Å². The van der Waals surface area contributed by atoms with Crippen molar-refractivity contribution in [3.63, 3.8) is 0 Å². The summed E-state index contributed by atoms with van der Waals surface area (Å²) in [6.07, 6.45) is -0.300. The molecule has 0 aromatic heterocycles. The van der Waals surface area contributed by atoms with Crippen LogP contribution in [0.1, 0.15) is 27.0 Å². The quantitative estimate of drug-likeness (QED) is 0.492. The zero-order valence-corrected chi connectivity index (χ0v) is 17.5. The zero-order chi connectivity index (χ0) is 18.7. The number of methoxy groups -OCH3 is 1. The van der Waals surface area contributed by atoms with E-state index in [1.165, 1.54) is 5.56 Å². The van der Waals surface area contributed by atoms with Crippen LogP contribution in [-0.4, -0.2) is 43.2 Å². The highest BCUT2D eigenvalue weighted by atomic mass is 127. The molecule has 2 atom stereocenters. The molecule has 0 aliphatic carbocycles. The molecular weight excluding hydrogens is 441 g/mol. The van der Waals surface area contributed by atoms with Gasteiger partial charge in [0.25, 0.3) is 5.91 Å². The normalized spacial score (nSPS) is 19.6. The van der Waals surface area contributed by atoms with E-state index < -0.39 is 0 Å². The number of hydrogen-bond donors (Lipinski definition) is 0. The third-order valence-electron chi connectivity index (χ3n) is 4.77. The molecule has 0 spiro atoms. The van der Waals surface area contributed by atoms with Gasteiger partial charge in [0.1, 0.15) is 18.0 Å². The summed E-state index contributed by atoms with van der Waals surface area (Å²) in [4.78, 5) is 14.8. The van der Waals surface area contributed by atoms with Crippen LogP contribution in [0.3, 0.4) is 0 Å². The van der Waals surface area contributed by atoms with E-state index in [-0.39, 0.29) is 18.1 Å². The SMILES string of the molecule is COC1CN(C(=O)c2cc(C)ccc2C)CC1Oc1cccc(CI)c1. The van der Waals surface area contributed by atoms with Crippen LogP contribution in [-0.2, 0) is 9.16 Å². The van der Waals surface area contributed by atoms with Crippen molar-refractivity contribution in [1.29, 1.82) is 0 Å². The third kappa shape index (κ3) is 4.20. The van der Waals surface area contributed by atoms with Gasteiger partial charge in [-0.25, -0.2) is 0 Å². The Labute approximate surface area is 168 Å². The highest BCUT2D eigenvalue weighted by Crippen LogP contribution is 2.24. The fourth-order valence-corrected chi connectivity index (χ4v) is 3.74. The number of amides is 1. The molecule has 2 aromatic rings. The van der Waals surface area contributed by atoms with E-state index in [2.05, 4.69) is 28.7 Å². The van der Waals surface area contributed by atoms with Gasteiger partial charge in [-0.1, -0.05) is 52.4 Å². The van der Waals surface area contributed by atoms with Gasteiger partial charge in [-0.05, 0) is 43.2 Å². The number of alkyl halides is 1. The van der Waals surface area contributed by atoms with Crippen molar-refractivity contribution in [2.75, 3.05) is 20.2 Å². The van der Waals surface area contributed by atoms with Gasteiger partial charge in [-0.3, -0.25) is 4.79 Å². The summed E-state index contributed by atoms with van der Waals surface area (Å²) in [6.45, 7) is 5.04. The second-order valence-corrected chi connectivity index (χ2v) is 7.50. The molecule has 5 heteroatoms. The molecule has 2 unspecified atom stereocenters. The van der Waals surface area contributed by atoms with Crippen LogP contribution in [0.2, 0.25) is 0 Å². The largest absolute Gasteiger partial charge is 0.486 e. The summed E-state index contributed by atoms with van der Waals surface area (Å²) < 4.78 is 12.7. The first-order valence-corrected chi connectivity index (χ1v) is 10.2. The molecule has 2 aromatic carbocycles. The molecule has 0 radical (unpaired) electrons. The number of nitrogens with zero attached hydrogens (tertiary/aromatic N) is 1. The molecule has 0 saturated carbocycles. The Hall–Kier alpha value is -1.60. The lowest BCUT2D eigenvalue weighted by Crippen LogP contribution is -2.32. The van der Waals surface area contributed by atoms with E-state index in [0.29, 0.717) is 13.1 Å². The van der Waals surface area contributed by atoms with E-state index in [0.717, 1.165) is 26.9 Å². The fourth-order valence-electron chi connectivity index (χ4n) is 3.26. The molecule has 1 aliphatic heterocycles. The molecule has 0 N–H and O–H groups in total. The molecule has 1 saturated heterocycles. The molecular formula is C21H24INO3. The Morgan fingerprint density at radius 1 is 1.15 bits per heavy atom. The number of halogens is 1. The van der Waals surface area contributed by atoms with Crippen LogP contribution < -0.4 is 4.74 Å². The van der Waals surface area contributed by atoms with Crippen molar-refractivity contribution in [2.45, 2.75) is 30.5 Å². The molecule has 1 fully saturated rings. The van der Waals surface area contributed by atoms with Crippen LogP contribution >= 0.6 is 22.6 Å². The summed E-state index contributed by atoms with van der Waals surface area (Å²) in [6, 6.07) is 14.1. The van der Waals surface area contributed by atoms with Gasteiger partial charge in [-0.2, -0.15) is 0 Å². The highest BCUT2D eigenvalue weighted by Gasteiger charge is 2.37. The molecule has 0 bridgehead atoms. The summed E-state index contributed by atoms with van der Waals surface area (Å²) >= 11 is 2.34. The third-order valence-corrected chi connectivity index (χ3v) is 5.65. The standard InChI is InChI=1S/C21H24INO3/c1-14-7-8-15(2)18(9-14)21(24)23-12-19(25-3)20(13-23)26-17-6-4-5-16(10-17)11-22/h4-10,19-20H,11-13H2,1-3H3. The maximum absolute atomic E-state index is 13.0. The summed E-state index contributed by atoms with van der Waals surface area (Å²) in [5.41, 5.74) is 4.06. The zero-order valence-electron chi connectivity index (χ0n) is 15.4. The van der Waals surface area contributed by atoms with E-state index in [1.54, 1.807) is 7.11 Å². The van der Waals surface area contributed by atoms with E-state index in [1.807, 2.05) is 55.1 Å². The van der Waals surface area contributed by atoms with Crippen molar-refractivity contribution >= 4 is 28.5 Å². The second kappa shape index (κ2) is 8.39. The molecule has 1 heterocycles. The van der Waals surface area contributed by atoms with E-state index >= 15 is 0 Å². The molecule has 3 rings (SSSR count). The number of aryl methyl sites for hydroxylation is 2. The number of hydrogen-bond acceptors (Lipinski definition) is 3. The van der Waals surface area contributed by atoms with Crippen molar-refractivity contribution in [1.82, 2.24) is 4.90 Å². The van der Waals surface area contributed by atoms with Gasteiger partial charge in [0.2, 0.25) is 0 Å². The van der Waals surface area contributed by atoms with Gasteiger partial charge in [0, 0.05) is 17.1 Å². The van der Waals surface area contributed by atoms with Gasteiger partial charge >= 0.3 is 0 Å². The minimum absolute atomic E-state index is 0.0420. The lowest BCUT2D eigenvalue weighted by molar-refractivity contribution is 0.0339. The molecule has 4 nitrogen and oxygen atoms in total. The number of carbonyl (C=O) groups excluding carboxylic acids is 1. The average Bonchev–Trinajstić information content (AvgIpc) is 3.06. The minimum Gasteiger partial charge on any atom is -0.486 e. The van der Waals surface area contributed by atoms with Crippen LogP contribution in [0.4, 0.5) is 0 Å². The number of ether oxygens (including phenoxy) is 2.